The second kappa shape index (κ2) is 4.92. The van der Waals surface area contributed by atoms with Gasteiger partial charge >= 0.3 is 5.70 Å². The molecule has 0 amide bonds. The summed E-state index contributed by atoms with van der Waals surface area (Å²) >= 11 is 0. The number of fused-ring (bicyclic) bond motifs is 1. The molecule has 0 bridgehead atoms. The minimum absolute atomic E-state index is 0.0597. The van der Waals surface area contributed by atoms with Crippen LogP contribution in [0.5, 0.6) is 5.75 Å². The molecule has 0 aliphatic carbocycles. The van der Waals surface area contributed by atoms with Crippen LogP contribution in [-0.2, 0) is 0 Å². The Morgan fingerprint density at radius 1 is 1.32 bits per heavy atom. The first-order valence-corrected chi connectivity index (χ1v) is 5.49. The van der Waals surface area contributed by atoms with Gasteiger partial charge in [-0.1, -0.05) is 18.2 Å². The highest BCUT2D eigenvalue weighted by Crippen LogP contribution is 2.38. The zero-order chi connectivity index (χ0) is 14.0. The summed E-state index contributed by atoms with van der Waals surface area (Å²) in [6, 6.07) is 6.58. The standard InChI is InChI=1S/C11H11N3O5/c1-12-11-10(14(17)18)8(6-13(15)16)7-4-2-3-5-9(7)19-11/h2-5,8,12H,6H2,1H3. The maximum absolute atomic E-state index is 11.1. The third kappa shape index (κ3) is 2.32. The van der Waals surface area contributed by atoms with E-state index >= 15 is 0 Å². The summed E-state index contributed by atoms with van der Waals surface area (Å²) in [6.07, 6.45) is 0. The molecule has 1 atom stereocenters. The number of ether oxygens (including phenoxy) is 1. The van der Waals surface area contributed by atoms with Crippen LogP contribution in [0.2, 0.25) is 0 Å². The van der Waals surface area contributed by atoms with Gasteiger partial charge in [-0.2, -0.15) is 0 Å². The minimum Gasteiger partial charge on any atom is -0.435 e. The molecule has 1 aromatic carbocycles. The zero-order valence-corrected chi connectivity index (χ0v) is 10.0. The lowest BCUT2D eigenvalue weighted by Gasteiger charge is -2.22. The summed E-state index contributed by atoms with van der Waals surface area (Å²) in [7, 11) is 1.47. The lowest BCUT2D eigenvalue weighted by atomic mass is 9.93. The summed E-state index contributed by atoms with van der Waals surface area (Å²) < 4.78 is 5.37. The molecule has 8 nitrogen and oxygen atoms in total. The monoisotopic (exact) mass is 265 g/mol. The van der Waals surface area contributed by atoms with Gasteiger partial charge in [0.1, 0.15) is 11.7 Å². The Kier molecular flexibility index (Phi) is 3.32. The summed E-state index contributed by atoms with van der Waals surface area (Å²) in [5, 5.41) is 24.4. The molecule has 0 spiro atoms. The van der Waals surface area contributed by atoms with Gasteiger partial charge < -0.3 is 10.1 Å². The fraction of sp³-hybridized carbons (Fsp3) is 0.273. The van der Waals surface area contributed by atoms with Crippen molar-refractivity contribution < 1.29 is 14.6 Å². The van der Waals surface area contributed by atoms with Crippen LogP contribution in [0.15, 0.2) is 35.8 Å². The van der Waals surface area contributed by atoms with Crippen LogP contribution < -0.4 is 10.1 Å². The number of nitro groups is 2. The van der Waals surface area contributed by atoms with Crippen molar-refractivity contribution in [1.82, 2.24) is 5.32 Å². The van der Waals surface area contributed by atoms with Crippen LogP contribution in [0.25, 0.3) is 0 Å². The van der Waals surface area contributed by atoms with Crippen LogP contribution >= 0.6 is 0 Å². The number of rotatable bonds is 4. The lowest BCUT2D eigenvalue weighted by Crippen LogP contribution is -2.30. The van der Waals surface area contributed by atoms with Crippen molar-refractivity contribution >= 4 is 0 Å². The van der Waals surface area contributed by atoms with Crippen LogP contribution in [0.4, 0.5) is 0 Å². The predicted octanol–water partition coefficient (Wildman–Crippen LogP) is 1.10. The van der Waals surface area contributed by atoms with Crippen molar-refractivity contribution in [3.8, 4) is 5.75 Å². The Labute approximate surface area is 108 Å². The molecule has 0 saturated heterocycles. The van der Waals surface area contributed by atoms with Crippen molar-refractivity contribution in [3.05, 3.63) is 61.6 Å². The number of benzene rings is 1. The Morgan fingerprint density at radius 2 is 2.00 bits per heavy atom. The topological polar surface area (TPSA) is 108 Å². The molecule has 1 aliphatic rings. The fourth-order valence-corrected chi connectivity index (χ4v) is 2.05. The number of para-hydroxylation sites is 1. The third-order valence-electron chi connectivity index (χ3n) is 2.82. The number of nitrogens with one attached hydrogen (secondary N) is 1. The first-order valence-electron chi connectivity index (χ1n) is 5.49. The molecule has 100 valence electrons. The molecule has 8 heteroatoms. The first-order chi connectivity index (χ1) is 9.04. The van der Waals surface area contributed by atoms with Gasteiger partial charge in [-0.15, -0.1) is 0 Å². The van der Waals surface area contributed by atoms with Gasteiger partial charge in [0.05, 0.1) is 4.92 Å². The molecule has 0 fully saturated rings. The SMILES string of the molecule is CNC1=C([N+](=O)[O-])C(C[N+](=O)[O-])c2ccccc2O1. The van der Waals surface area contributed by atoms with Crippen molar-refractivity contribution in [3.63, 3.8) is 0 Å². The van der Waals surface area contributed by atoms with E-state index in [-0.39, 0.29) is 11.6 Å². The molecule has 0 aromatic heterocycles. The van der Waals surface area contributed by atoms with E-state index < -0.39 is 22.3 Å². The van der Waals surface area contributed by atoms with Gasteiger partial charge in [-0.3, -0.25) is 20.2 Å². The number of hydrogen-bond acceptors (Lipinski definition) is 6. The Hall–Kier alpha value is -2.64. The quantitative estimate of drug-likeness (QED) is 0.645. The molecule has 1 unspecified atom stereocenters. The van der Waals surface area contributed by atoms with Crippen LogP contribution in [0, 0.1) is 20.2 Å². The van der Waals surface area contributed by atoms with Gasteiger partial charge in [0.25, 0.3) is 5.88 Å². The summed E-state index contributed by atoms with van der Waals surface area (Å²) in [5.74, 6) is -0.600. The Balaban J connectivity index is 2.56. The van der Waals surface area contributed by atoms with E-state index in [9.17, 15) is 20.2 Å². The van der Waals surface area contributed by atoms with Crippen LogP contribution in [-0.4, -0.2) is 23.4 Å². The van der Waals surface area contributed by atoms with E-state index in [0.29, 0.717) is 11.3 Å². The smallest absolute Gasteiger partial charge is 0.319 e. The molecular formula is C11H11N3O5. The molecule has 19 heavy (non-hydrogen) atoms. The van der Waals surface area contributed by atoms with E-state index in [2.05, 4.69) is 5.32 Å². The van der Waals surface area contributed by atoms with Crippen molar-refractivity contribution in [1.29, 1.82) is 0 Å². The fourth-order valence-electron chi connectivity index (χ4n) is 2.05. The van der Waals surface area contributed by atoms with Crippen molar-refractivity contribution in [2.75, 3.05) is 13.6 Å². The maximum atomic E-state index is 11.1. The molecule has 1 aliphatic heterocycles. The van der Waals surface area contributed by atoms with E-state index in [4.69, 9.17) is 4.74 Å². The average Bonchev–Trinajstić information content (AvgIpc) is 2.37. The number of hydrogen-bond donors (Lipinski definition) is 1. The predicted molar refractivity (Wildman–Crippen MR) is 64.8 cm³/mol. The normalized spacial score (nSPS) is 17.4. The molecule has 0 saturated carbocycles. The van der Waals surface area contributed by atoms with E-state index in [1.807, 2.05) is 0 Å². The second-order valence-corrected chi connectivity index (χ2v) is 3.93. The lowest BCUT2D eigenvalue weighted by molar-refractivity contribution is -0.495. The van der Waals surface area contributed by atoms with Crippen molar-refractivity contribution in [2.24, 2.45) is 0 Å². The summed E-state index contributed by atoms with van der Waals surface area (Å²) in [4.78, 5) is 20.7. The maximum Gasteiger partial charge on any atom is 0.319 e. The van der Waals surface area contributed by atoms with Crippen molar-refractivity contribution in [2.45, 2.75) is 5.92 Å². The summed E-state index contributed by atoms with van der Waals surface area (Å²) in [5.41, 5.74) is 0.128. The van der Waals surface area contributed by atoms with E-state index in [0.717, 1.165) is 0 Å². The van der Waals surface area contributed by atoms with Gasteiger partial charge in [-0.25, -0.2) is 0 Å². The zero-order valence-electron chi connectivity index (χ0n) is 10.0. The van der Waals surface area contributed by atoms with Crippen LogP contribution in [0.1, 0.15) is 11.5 Å². The van der Waals surface area contributed by atoms with Gasteiger partial charge in [-0.05, 0) is 6.07 Å². The number of nitrogens with zero attached hydrogens (tertiary/aromatic N) is 2. The summed E-state index contributed by atoms with van der Waals surface area (Å²) in [6.45, 7) is -0.554. The van der Waals surface area contributed by atoms with Gasteiger partial charge in [0, 0.05) is 17.5 Å². The average molecular weight is 265 g/mol. The highest BCUT2D eigenvalue weighted by atomic mass is 16.6. The highest BCUT2D eigenvalue weighted by molar-refractivity contribution is 5.44. The minimum atomic E-state index is -0.933. The molecule has 1 aromatic rings. The molecular weight excluding hydrogens is 254 g/mol. The highest BCUT2D eigenvalue weighted by Gasteiger charge is 2.41. The van der Waals surface area contributed by atoms with E-state index in [1.54, 1.807) is 24.3 Å². The Morgan fingerprint density at radius 3 is 2.58 bits per heavy atom. The molecule has 2 rings (SSSR count). The largest absolute Gasteiger partial charge is 0.435 e. The molecule has 1 heterocycles. The van der Waals surface area contributed by atoms with Gasteiger partial charge in [0.2, 0.25) is 6.54 Å². The van der Waals surface area contributed by atoms with Crippen LogP contribution in [0.3, 0.4) is 0 Å². The molecule has 1 N–H and O–H groups in total. The first kappa shape index (κ1) is 12.8. The third-order valence-corrected chi connectivity index (χ3v) is 2.82. The second-order valence-electron chi connectivity index (χ2n) is 3.93. The molecule has 0 radical (unpaired) electrons. The van der Waals surface area contributed by atoms with E-state index in [1.165, 1.54) is 7.05 Å². The Bertz CT molecular complexity index is 569. The van der Waals surface area contributed by atoms with Gasteiger partial charge in [0.15, 0.2) is 0 Å².